The molecular formula is C20H21ClN2O2. The first-order valence-electron chi connectivity index (χ1n) is 8.08. The molecule has 0 saturated heterocycles. The predicted molar refractivity (Wildman–Crippen MR) is 101 cm³/mol. The van der Waals surface area contributed by atoms with Gasteiger partial charge in [-0.15, -0.1) is 0 Å². The van der Waals surface area contributed by atoms with E-state index in [0.717, 1.165) is 0 Å². The van der Waals surface area contributed by atoms with Crippen molar-refractivity contribution in [2.24, 2.45) is 5.92 Å². The maximum atomic E-state index is 12.5. The van der Waals surface area contributed by atoms with E-state index in [1.54, 1.807) is 48.5 Å². The van der Waals surface area contributed by atoms with Gasteiger partial charge in [0.15, 0.2) is 0 Å². The first-order valence-corrected chi connectivity index (χ1v) is 8.46. The molecule has 4 nitrogen and oxygen atoms in total. The SMILES string of the molecule is CC(C)CNC(=O)/C(=C/c1ccccc1Cl)NC(=O)c1ccccc1. The average Bonchev–Trinajstić information content (AvgIpc) is 2.61. The number of hydrogen-bond donors (Lipinski definition) is 2. The molecule has 2 aromatic rings. The van der Waals surface area contributed by atoms with Gasteiger partial charge in [-0.1, -0.05) is 61.8 Å². The second-order valence-corrected chi connectivity index (χ2v) is 6.41. The highest BCUT2D eigenvalue weighted by Crippen LogP contribution is 2.18. The predicted octanol–water partition coefficient (Wildman–Crippen LogP) is 3.88. The third kappa shape index (κ3) is 5.76. The van der Waals surface area contributed by atoms with Crippen LogP contribution in [-0.4, -0.2) is 18.4 Å². The number of carbonyl (C=O) groups excluding carboxylic acids is 2. The molecule has 2 rings (SSSR count). The molecule has 0 spiro atoms. The second-order valence-electron chi connectivity index (χ2n) is 6.00. The van der Waals surface area contributed by atoms with E-state index in [9.17, 15) is 9.59 Å². The van der Waals surface area contributed by atoms with Crippen molar-refractivity contribution in [1.29, 1.82) is 0 Å². The van der Waals surface area contributed by atoms with E-state index in [1.165, 1.54) is 0 Å². The largest absolute Gasteiger partial charge is 0.351 e. The minimum Gasteiger partial charge on any atom is -0.351 e. The van der Waals surface area contributed by atoms with Crippen LogP contribution >= 0.6 is 11.6 Å². The van der Waals surface area contributed by atoms with Gasteiger partial charge in [0.2, 0.25) is 0 Å². The number of amides is 2. The Bertz CT molecular complexity index is 770. The molecule has 0 bridgehead atoms. The highest BCUT2D eigenvalue weighted by Gasteiger charge is 2.15. The van der Waals surface area contributed by atoms with Gasteiger partial charge in [0.25, 0.3) is 11.8 Å². The molecule has 0 heterocycles. The van der Waals surface area contributed by atoms with E-state index >= 15 is 0 Å². The fraction of sp³-hybridized carbons (Fsp3) is 0.200. The lowest BCUT2D eigenvalue weighted by molar-refractivity contribution is -0.117. The molecule has 0 aliphatic carbocycles. The lowest BCUT2D eigenvalue weighted by Crippen LogP contribution is -2.36. The van der Waals surface area contributed by atoms with Crippen LogP contribution in [0.4, 0.5) is 0 Å². The minimum absolute atomic E-state index is 0.155. The van der Waals surface area contributed by atoms with Gasteiger partial charge in [-0.3, -0.25) is 9.59 Å². The molecule has 0 saturated carbocycles. The van der Waals surface area contributed by atoms with Crippen LogP contribution in [0.1, 0.15) is 29.8 Å². The molecule has 2 N–H and O–H groups in total. The molecule has 0 atom stereocenters. The highest BCUT2D eigenvalue weighted by atomic mass is 35.5. The lowest BCUT2D eigenvalue weighted by Gasteiger charge is -2.13. The highest BCUT2D eigenvalue weighted by molar-refractivity contribution is 6.32. The van der Waals surface area contributed by atoms with E-state index in [0.29, 0.717) is 28.6 Å². The number of rotatable bonds is 6. The molecule has 2 aromatic carbocycles. The standard InChI is InChI=1S/C20H21ClN2O2/c1-14(2)13-22-20(25)18(12-16-10-6-7-11-17(16)21)23-19(24)15-8-4-3-5-9-15/h3-12,14H,13H2,1-2H3,(H,22,25)(H,23,24)/b18-12-. The molecule has 0 unspecified atom stereocenters. The molecule has 25 heavy (non-hydrogen) atoms. The van der Waals surface area contributed by atoms with Crippen LogP contribution in [0.25, 0.3) is 6.08 Å². The van der Waals surface area contributed by atoms with Crippen molar-refractivity contribution in [2.45, 2.75) is 13.8 Å². The van der Waals surface area contributed by atoms with Gasteiger partial charge in [-0.25, -0.2) is 0 Å². The lowest BCUT2D eigenvalue weighted by atomic mass is 10.1. The molecule has 0 aliphatic rings. The molecule has 5 heteroatoms. The zero-order valence-corrected chi connectivity index (χ0v) is 15.0. The normalized spacial score (nSPS) is 11.3. The summed E-state index contributed by atoms with van der Waals surface area (Å²) in [6, 6.07) is 15.9. The number of carbonyl (C=O) groups is 2. The van der Waals surface area contributed by atoms with Crippen molar-refractivity contribution < 1.29 is 9.59 Å². The Labute approximate surface area is 152 Å². The zero-order valence-electron chi connectivity index (χ0n) is 14.3. The van der Waals surface area contributed by atoms with Gasteiger partial charge in [-0.2, -0.15) is 0 Å². The Morgan fingerprint density at radius 2 is 1.68 bits per heavy atom. The van der Waals surface area contributed by atoms with Crippen LogP contribution in [0.2, 0.25) is 5.02 Å². The summed E-state index contributed by atoms with van der Waals surface area (Å²) < 4.78 is 0. The van der Waals surface area contributed by atoms with Crippen LogP contribution < -0.4 is 10.6 Å². The molecule has 0 aliphatic heterocycles. The van der Waals surface area contributed by atoms with Crippen molar-refractivity contribution in [3.05, 3.63) is 76.4 Å². The van der Waals surface area contributed by atoms with Gasteiger partial charge in [0.05, 0.1) is 0 Å². The Kier molecular flexibility index (Phi) is 6.78. The summed E-state index contributed by atoms with van der Waals surface area (Å²) in [5.74, 6) is -0.396. The summed E-state index contributed by atoms with van der Waals surface area (Å²) >= 11 is 6.17. The van der Waals surface area contributed by atoms with E-state index in [2.05, 4.69) is 10.6 Å². The maximum Gasteiger partial charge on any atom is 0.267 e. The molecule has 130 valence electrons. The van der Waals surface area contributed by atoms with Gasteiger partial charge >= 0.3 is 0 Å². The molecule has 0 radical (unpaired) electrons. The fourth-order valence-electron chi connectivity index (χ4n) is 2.08. The van der Waals surface area contributed by atoms with Gasteiger partial charge in [0, 0.05) is 17.1 Å². The smallest absolute Gasteiger partial charge is 0.267 e. The number of hydrogen-bond acceptors (Lipinski definition) is 2. The van der Waals surface area contributed by atoms with Crippen molar-refractivity contribution in [3.8, 4) is 0 Å². The third-order valence-corrected chi connectivity index (χ3v) is 3.75. The van der Waals surface area contributed by atoms with Crippen LogP contribution in [0, 0.1) is 5.92 Å². The topological polar surface area (TPSA) is 58.2 Å². The summed E-state index contributed by atoms with van der Waals surface area (Å²) in [5, 5.41) is 6.00. The monoisotopic (exact) mass is 356 g/mol. The number of nitrogens with one attached hydrogen (secondary N) is 2. The van der Waals surface area contributed by atoms with Crippen molar-refractivity contribution >= 4 is 29.5 Å². The van der Waals surface area contributed by atoms with Crippen molar-refractivity contribution in [2.75, 3.05) is 6.54 Å². The van der Waals surface area contributed by atoms with Gasteiger partial charge < -0.3 is 10.6 Å². The van der Waals surface area contributed by atoms with Crippen LogP contribution in [0.5, 0.6) is 0 Å². The number of halogens is 1. The quantitative estimate of drug-likeness (QED) is 0.771. The fourth-order valence-corrected chi connectivity index (χ4v) is 2.27. The van der Waals surface area contributed by atoms with Crippen molar-refractivity contribution in [3.63, 3.8) is 0 Å². The van der Waals surface area contributed by atoms with Gasteiger partial charge in [0.1, 0.15) is 5.70 Å². The summed E-state index contributed by atoms with van der Waals surface area (Å²) in [6.45, 7) is 4.51. The molecule has 2 amide bonds. The zero-order chi connectivity index (χ0) is 18.2. The summed E-state index contributed by atoms with van der Waals surface area (Å²) in [4.78, 5) is 24.9. The molecule has 0 fully saturated rings. The average molecular weight is 357 g/mol. The maximum absolute atomic E-state index is 12.5. The van der Waals surface area contributed by atoms with E-state index in [-0.39, 0.29) is 17.5 Å². The second kappa shape index (κ2) is 9.04. The Morgan fingerprint density at radius 3 is 2.32 bits per heavy atom. The first-order chi connectivity index (χ1) is 12.0. The summed E-state index contributed by atoms with van der Waals surface area (Å²) in [6.07, 6.45) is 1.58. The summed E-state index contributed by atoms with van der Waals surface area (Å²) in [7, 11) is 0. The van der Waals surface area contributed by atoms with Crippen LogP contribution in [-0.2, 0) is 4.79 Å². The first kappa shape index (κ1) is 18.7. The molecular weight excluding hydrogens is 336 g/mol. The van der Waals surface area contributed by atoms with E-state index < -0.39 is 0 Å². The van der Waals surface area contributed by atoms with E-state index in [4.69, 9.17) is 11.6 Å². The Morgan fingerprint density at radius 1 is 1.04 bits per heavy atom. The third-order valence-electron chi connectivity index (χ3n) is 3.40. The van der Waals surface area contributed by atoms with Gasteiger partial charge in [-0.05, 0) is 35.8 Å². The minimum atomic E-state index is -0.349. The van der Waals surface area contributed by atoms with Crippen LogP contribution in [0.15, 0.2) is 60.3 Å². The Hall–Kier alpha value is -2.59. The van der Waals surface area contributed by atoms with Crippen LogP contribution in [0.3, 0.4) is 0 Å². The Balaban J connectivity index is 2.27. The van der Waals surface area contributed by atoms with Crippen molar-refractivity contribution in [1.82, 2.24) is 10.6 Å². The summed E-state index contributed by atoms with van der Waals surface area (Å²) in [5.41, 5.74) is 1.29. The van der Waals surface area contributed by atoms with E-state index in [1.807, 2.05) is 26.0 Å². The number of benzene rings is 2. The molecule has 0 aromatic heterocycles.